The van der Waals surface area contributed by atoms with Crippen LogP contribution in [0.2, 0.25) is 0 Å². The number of rotatable bonds is 5. The molecule has 0 spiro atoms. The van der Waals surface area contributed by atoms with Crippen LogP contribution in [0.25, 0.3) is 21.0 Å². The molecule has 0 unspecified atom stereocenters. The Morgan fingerprint density at radius 3 is 2.50 bits per heavy atom. The number of carbonyl (C=O) groups is 1. The zero-order valence-corrected chi connectivity index (χ0v) is 18.5. The number of benzene rings is 3. The minimum absolute atomic E-state index is 0.144. The molecule has 30 heavy (non-hydrogen) atoms. The van der Waals surface area contributed by atoms with Gasteiger partial charge in [-0.1, -0.05) is 59.4 Å². The molecule has 4 rings (SSSR count). The Labute approximate surface area is 179 Å². The van der Waals surface area contributed by atoms with E-state index in [4.69, 9.17) is 0 Å². The topological polar surface area (TPSA) is 68.5 Å². The molecule has 0 N–H and O–H groups in total. The molecule has 1 amide bonds. The molecule has 5 nitrogen and oxygen atoms in total. The first-order valence-electron chi connectivity index (χ1n) is 9.77. The lowest BCUT2D eigenvalue weighted by Crippen LogP contribution is -2.17. The van der Waals surface area contributed by atoms with Gasteiger partial charge in [-0.25, -0.2) is 8.42 Å². The fourth-order valence-electron chi connectivity index (χ4n) is 3.44. The van der Waals surface area contributed by atoms with Crippen molar-refractivity contribution in [2.75, 3.05) is 5.75 Å². The minimum atomic E-state index is -3.52. The Morgan fingerprint density at radius 1 is 1.03 bits per heavy atom. The maximum Gasteiger partial charge on any atom is 0.249 e. The highest BCUT2D eigenvalue weighted by molar-refractivity contribution is 7.91. The summed E-state index contributed by atoms with van der Waals surface area (Å²) < 4.78 is 28.1. The number of hydrogen-bond donors (Lipinski definition) is 0. The predicted octanol–water partition coefficient (Wildman–Crippen LogP) is 4.48. The Hall–Kier alpha value is -2.77. The molecule has 0 aliphatic carbocycles. The lowest BCUT2D eigenvalue weighted by molar-refractivity contribution is -0.117. The quantitative estimate of drug-likeness (QED) is 0.461. The van der Waals surface area contributed by atoms with Crippen molar-refractivity contribution < 1.29 is 13.2 Å². The Morgan fingerprint density at radius 2 is 1.77 bits per heavy atom. The SMILES string of the molecule is CCn1c(=NC(=O)CCS(=O)(=O)c2ccc(C)cc2)sc2c3ccccc3ccc21. The molecule has 4 aromatic rings. The van der Waals surface area contributed by atoms with Crippen LogP contribution in [-0.4, -0.2) is 24.6 Å². The molecule has 0 radical (unpaired) electrons. The minimum Gasteiger partial charge on any atom is -0.317 e. The van der Waals surface area contributed by atoms with Crippen LogP contribution in [0.15, 0.2) is 70.6 Å². The van der Waals surface area contributed by atoms with E-state index in [0.717, 1.165) is 26.6 Å². The summed E-state index contributed by atoms with van der Waals surface area (Å²) >= 11 is 1.46. The van der Waals surface area contributed by atoms with E-state index in [9.17, 15) is 13.2 Å². The number of hydrogen-bond acceptors (Lipinski definition) is 4. The van der Waals surface area contributed by atoms with E-state index in [0.29, 0.717) is 11.3 Å². The number of carbonyl (C=O) groups excluding carboxylic acids is 1. The summed E-state index contributed by atoms with van der Waals surface area (Å²) in [6.45, 7) is 4.58. The molecule has 0 saturated carbocycles. The molecule has 3 aromatic carbocycles. The van der Waals surface area contributed by atoms with Crippen molar-refractivity contribution in [1.82, 2.24) is 4.57 Å². The van der Waals surface area contributed by atoms with Crippen molar-refractivity contribution in [1.29, 1.82) is 0 Å². The summed E-state index contributed by atoms with van der Waals surface area (Å²) in [5, 5.41) is 2.26. The first kappa shape index (κ1) is 20.5. The average Bonchev–Trinajstić information content (AvgIpc) is 3.10. The van der Waals surface area contributed by atoms with Crippen LogP contribution in [0, 0.1) is 6.92 Å². The van der Waals surface area contributed by atoms with Crippen LogP contribution >= 0.6 is 11.3 Å². The van der Waals surface area contributed by atoms with Crippen LogP contribution in [0.5, 0.6) is 0 Å². The highest BCUT2D eigenvalue weighted by Gasteiger charge is 2.17. The van der Waals surface area contributed by atoms with Gasteiger partial charge in [-0.2, -0.15) is 4.99 Å². The van der Waals surface area contributed by atoms with Gasteiger partial charge in [0, 0.05) is 18.4 Å². The summed E-state index contributed by atoms with van der Waals surface area (Å²) in [7, 11) is -3.52. The predicted molar refractivity (Wildman–Crippen MR) is 121 cm³/mol. The standard InChI is InChI=1S/C23H22N2O3S2/c1-3-25-20-13-10-17-6-4-5-7-19(17)22(20)29-23(25)24-21(26)14-15-30(27,28)18-11-8-16(2)9-12-18/h4-13H,3,14-15H2,1-2H3. The largest absolute Gasteiger partial charge is 0.317 e. The van der Waals surface area contributed by atoms with Crippen molar-refractivity contribution in [3.63, 3.8) is 0 Å². The van der Waals surface area contributed by atoms with E-state index in [1.807, 2.05) is 36.6 Å². The van der Waals surface area contributed by atoms with Gasteiger partial charge in [0.2, 0.25) is 5.91 Å². The summed E-state index contributed by atoms with van der Waals surface area (Å²) in [6.07, 6.45) is -0.144. The smallest absolute Gasteiger partial charge is 0.249 e. The van der Waals surface area contributed by atoms with Crippen molar-refractivity contribution in [3.8, 4) is 0 Å². The fourth-order valence-corrected chi connectivity index (χ4v) is 5.91. The fraction of sp³-hybridized carbons (Fsp3) is 0.217. The van der Waals surface area contributed by atoms with Crippen LogP contribution in [0.4, 0.5) is 0 Å². The van der Waals surface area contributed by atoms with E-state index < -0.39 is 15.7 Å². The van der Waals surface area contributed by atoms with Crippen molar-refractivity contribution in [2.45, 2.75) is 31.7 Å². The third-order valence-corrected chi connectivity index (χ3v) is 7.93. The summed E-state index contributed by atoms with van der Waals surface area (Å²) in [4.78, 5) is 17.6. The number of nitrogens with zero attached hydrogens (tertiary/aromatic N) is 2. The molecular formula is C23H22N2O3S2. The number of aryl methyl sites for hydroxylation is 2. The zero-order valence-electron chi connectivity index (χ0n) is 16.8. The summed E-state index contributed by atoms with van der Waals surface area (Å²) in [5.74, 6) is -0.679. The average molecular weight is 439 g/mol. The molecule has 154 valence electrons. The van der Waals surface area contributed by atoms with Gasteiger partial charge in [0.25, 0.3) is 0 Å². The van der Waals surface area contributed by atoms with Crippen LogP contribution in [0.1, 0.15) is 18.9 Å². The molecule has 0 atom stereocenters. The normalized spacial score (nSPS) is 12.7. The molecule has 1 aromatic heterocycles. The number of aromatic nitrogens is 1. The number of fused-ring (bicyclic) bond motifs is 3. The van der Waals surface area contributed by atoms with Crippen LogP contribution in [0.3, 0.4) is 0 Å². The lowest BCUT2D eigenvalue weighted by atomic mass is 10.1. The van der Waals surface area contributed by atoms with E-state index in [1.54, 1.807) is 24.3 Å². The second kappa shape index (κ2) is 8.16. The van der Waals surface area contributed by atoms with Crippen LogP contribution in [-0.2, 0) is 21.2 Å². The molecule has 0 saturated heterocycles. The Balaban J connectivity index is 1.64. The maximum absolute atomic E-state index is 12.5. The van der Waals surface area contributed by atoms with Gasteiger partial charge in [0.1, 0.15) is 0 Å². The van der Waals surface area contributed by atoms with E-state index in [1.165, 1.54) is 11.3 Å². The number of sulfone groups is 1. The van der Waals surface area contributed by atoms with E-state index >= 15 is 0 Å². The van der Waals surface area contributed by atoms with E-state index in [-0.39, 0.29) is 17.1 Å². The second-order valence-corrected chi connectivity index (χ2v) is 10.2. The van der Waals surface area contributed by atoms with Crippen molar-refractivity contribution in [2.24, 2.45) is 4.99 Å². The molecule has 0 fully saturated rings. The third kappa shape index (κ3) is 3.95. The lowest BCUT2D eigenvalue weighted by Gasteiger charge is -2.04. The first-order valence-corrected chi connectivity index (χ1v) is 12.2. The maximum atomic E-state index is 12.5. The molecule has 0 bridgehead atoms. The molecular weight excluding hydrogens is 416 g/mol. The first-order chi connectivity index (χ1) is 14.4. The van der Waals surface area contributed by atoms with Gasteiger partial charge in [0.15, 0.2) is 14.6 Å². The summed E-state index contributed by atoms with van der Waals surface area (Å²) in [5.41, 5.74) is 2.02. The van der Waals surface area contributed by atoms with E-state index in [2.05, 4.69) is 23.2 Å². The van der Waals surface area contributed by atoms with Crippen molar-refractivity contribution >= 4 is 48.1 Å². The molecule has 0 aliphatic heterocycles. The van der Waals surface area contributed by atoms with Gasteiger partial charge < -0.3 is 4.57 Å². The number of thiazole rings is 1. The Kier molecular flexibility index (Phi) is 5.58. The monoisotopic (exact) mass is 438 g/mol. The molecule has 7 heteroatoms. The van der Waals surface area contributed by atoms with Crippen LogP contribution < -0.4 is 4.80 Å². The van der Waals surface area contributed by atoms with Crippen molar-refractivity contribution in [3.05, 3.63) is 71.0 Å². The van der Waals surface area contributed by atoms with Gasteiger partial charge in [-0.05, 0) is 37.4 Å². The molecule has 1 heterocycles. The highest BCUT2D eigenvalue weighted by Crippen LogP contribution is 2.27. The number of amides is 1. The second-order valence-electron chi connectivity index (χ2n) is 7.15. The molecule has 0 aliphatic rings. The van der Waals surface area contributed by atoms with Gasteiger partial charge >= 0.3 is 0 Å². The van der Waals surface area contributed by atoms with Gasteiger partial charge in [-0.3, -0.25) is 4.79 Å². The van der Waals surface area contributed by atoms with Gasteiger partial charge in [-0.15, -0.1) is 0 Å². The Bertz CT molecular complexity index is 1410. The third-order valence-electron chi connectivity index (χ3n) is 5.08. The van der Waals surface area contributed by atoms with Gasteiger partial charge in [0.05, 0.1) is 20.9 Å². The highest BCUT2D eigenvalue weighted by atomic mass is 32.2. The zero-order chi connectivity index (χ0) is 21.3. The summed E-state index contributed by atoms with van der Waals surface area (Å²) in [6, 6.07) is 18.9.